The Morgan fingerprint density at radius 2 is 1.73 bits per heavy atom. The van der Waals surface area contributed by atoms with Crippen LogP contribution < -0.4 is 25.0 Å². The van der Waals surface area contributed by atoms with Crippen LogP contribution in [0.1, 0.15) is 69.8 Å². The lowest BCUT2D eigenvalue weighted by Gasteiger charge is -2.47. The number of nitro groups is 1. The summed E-state index contributed by atoms with van der Waals surface area (Å²) in [5.41, 5.74) is 0.865. The molecule has 19 atom stereocenters. The number of aromatic nitrogens is 1. The normalized spacial score (nSPS) is 32.3. The summed E-state index contributed by atoms with van der Waals surface area (Å²) >= 11 is 2.81. The highest BCUT2D eigenvalue weighted by atomic mass is 127. The molecule has 0 radical (unpaired) electrons. The van der Waals surface area contributed by atoms with Crippen molar-refractivity contribution in [2.45, 2.75) is 181 Å². The molecule has 6 heterocycles. The molecule has 514 valence electrons. The number of nitrogens with one attached hydrogen (secondary N) is 2. The number of nitrogens with zero attached hydrogens (tertiary/aromatic N) is 3. The van der Waals surface area contributed by atoms with Crippen molar-refractivity contribution in [2.75, 3.05) is 54.5 Å². The molecule has 94 heavy (non-hydrogen) atoms. The molecule has 2 aromatic rings. The molecule has 5 fully saturated rings. The molecule has 0 bridgehead atoms. The molecular weight excluding hydrogens is 1410 g/mol. The summed E-state index contributed by atoms with van der Waals surface area (Å²) in [6, 6.07) is 1.05. The SMILES string of the molecule is C#C/C=C\C#CC(OC1OC(C)C(NOC2CC(O)C(SC(=O)c3c(C)c(I)c(OC4OC5OC5C(OC)C4O)c(OC)c3OC)C(C)O2)C(O)C1OC1CC(OC)C(N(CC)C(C)=O)CO1)C1=C(NC(=O)OC)C(=O)CC(C)(O)/C1=C/CSSc1ccc([N+](=O)[O-])cn1. The molecule has 2 amide bonds. The summed E-state index contributed by atoms with van der Waals surface area (Å²) < 4.78 is 78.4. The molecule has 8 rings (SSSR count). The molecule has 5 aliphatic heterocycles. The van der Waals surface area contributed by atoms with E-state index in [1.54, 1.807) is 31.7 Å². The van der Waals surface area contributed by atoms with E-state index in [2.05, 4.69) is 33.5 Å². The number of fused-ring (bicyclic) bond motifs is 1. The first-order chi connectivity index (χ1) is 44.8. The van der Waals surface area contributed by atoms with Gasteiger partial charge in [0.05, 0.1) is 95.0 Å². The zero-order valence-corrected chi connectivity index (χ0v) is 57.7. The number of carbonyl (C=O) groups is 4. The molecule has 5 saturated heterocycles. The lowest BCUT2D eigenvalue weighted by molar-refractivity contribution is -0.385. The van der Waals surface area contributed by atoms with Crippen molar-refractivity contribution in [3.8, 4) is 41.4 Å². The van der Waals surface area contributed by atoms with Gasteiger partial charge in [0, 0.05) is 64.3 Å². The Morgan fingerprint density at radius 3 is 2.36 bits per heavy atom. The van der Waals surface area contributed by atoms with Crippen LogP contribution in [0.2, 0.25) is 0 Å². The highest BCUT2D eigenvalue weighted by Crippen LogP contribution is 2.50. The standard InChI is InChI=1S/C61H76IN5O24S3/c1-13-15-16-17-18-37(43-33(61(7,75)25-36(70)46(43)64-60(74)82-12)21-22-92-94-39-20-19-32(26-63-39)67(76)77)86-58-52(87-40-24-38(78-8)34(27-83-40)66(14-2)31(6)68)47(71)45(29(4)85-58)65-91-41-23-35(69)55(30(5)84-41)93-56(73)42-28(3)44(62)50(53(81-11)49(42)79-9)88-57-48(72)51(80-10)54-59(89-54)90-57/h1,15-16,19-21,26,29-30,34-35,37-38,40-41,45,47-48,51-52,54-55,57-59,65,69,71-72,75H,14,22-25,27H2,2-12H3,(H,64,74)/b16-15-,33-21+. The largest absolute Gasteiger partial charge is 0.492 e. The summed E-state index contributed by atoms with van der Waals surface area (Å²) in [6.45, 7) is 9.84. The highest BCUT2D eigenvalue weighted by molar-refractivity contribution is 14.1. The van der Waals surface area contributed by atoms with E-state index in [1.807, 2.05) is 29.5 Å². The van der Waals surface area contributed by atoms with Gasteiger partial charge in [-0.3, -0.25) is 34.7 Å². The highest BCUT2D eigenvalue weighted by Gasteiger charge is 2.59. The van der Waals surface area contributed by atoms with Crippen molar-refractivity contribution < 1.29 is 111 Å². The van der Waals surface area contributed by atoms with E-state index in [1.165, 1.54) is 88.2 Å². The smallest absolute Gasteiger partial charge is 0.411 e. The Hall–Kier alpha value is -5.23. The minimum Gasteiger partial charge on any atom is -0.492 e. The number of methoxy groups -OCH3 is 5. The number of epoxide rings is 1. The number of likely N-dealkylation sites (N-methyl/N-ethyl adjacent to an activating group) is 1. The van der Waals surface area contributed by atoms with Gasteiger partial charge in [-0.05, 0) is 97.4 Å². The van der Waals surface area contributed by atoms with Gasteiger partial charge in [0.2, 0.25) is 23.1 Å². The number of rotatable bonds is 24. The molecule has 1 aliphatic carbocycles. The number of alkyl carbamates (subject to hydrolysis) is 1. The number of benzene rings is 1. The fourth-order valence-corrected chi connectivity index (χ4v) is 15.0. The van der Waals surface area contributed by atoms with E-state index in [0.29, 0.717) is 20.7 Å². The van der Waals surface area contributed by atoms with E-state index in [9.17, 15) is 49.7 Å². The Balaban J connectivity index is 1.05. The fraction of sp³-hybridized carbons (Fsp3) is 0.590. The number of aliphatic hydroxyl groups is 4. The van der Waals surface area contributed by atoms with E-state index in [4.69, 9.17) is 72.8 Å². The van der Waals surface area contributed by atoms with E-state index >= 15 is 0 Å². The number of thioether (sulfide) groups is 1. The third kappa shape index (κ3) is 17.2. The number of terminal acetylenes is 1. The molecule has 6 N–H and O–H groups in total. The summed E-state index contributed by atoms with van der Waals surface area (Å²) in [5.74, 6) is 7.44. The van der Waals surface area contributed by atoms with Crippen molar-refractivity contribution in [2.24, 2.45) is 0 Å². The molecule has 1 aromatic heterocycles. The van der Waals surface area contributed by atoms with Crippen molar-refractivity contribution >= 4 is 84.5 Å². The second-order valence-electron chi connectivity index (χ2n) is 22.3. The first-order valence-corrected chi connectivity index (χ1v) is 33.8. The molecule has 0 spiro atoms. The second-order valence-corrected chi connectivity index (χ2v) is 26.9. The van der Waals surface area contributed by atoms with Gasteiger partial charge < -0.3 is 86.9 Å². The summed E-state index contributed by atoms with van der Waals surface area (Å²) in [6.07, 6.45) is -7.84. The molecule has 29 nitrogen and oxygen atoms in total. The van der Waals surface area contributed by atoms with Crippen LogP contribution in [0.25, 0.3) is 0 Å². The average Bonchev–Trinajstić information content (AvgIpc) is 1.28. The van der Waals surface area contributed by atoms with E-state index in [0.717, 1.165) is 25.1 Å². The van der Waals surface area contributed by atoms with Gasteiger partial charge >= 0.3 is 6.09 Å². The van der Waals surface area contributed by atoms with Gasteiger partial charge in [0.1, 0.15) is 47.8 Å². The average molecular weight is 1490 g/mol. The minimum atomic E-state index is -1.94. The summed E-state index contributed by atoms with van der Waals surface area (Å²) in [5, 5.41) is 60.6. The topological polar surface area (TPSA) is 365 Å². The van der Waals surface area contributed by atoms with Gasteiger partial charge in [-0.15, -0.1) is 6.42 Å². The van der Waals surface area contributed by atoms with Gasteiger partial charge in [-0.1, -0.05) is 46.4 Å². The molecule has 19 unspecified atom stereocenters. The number of amides is 2. The van der Waals surface area contributed by atoms with E-state index < -0.39 is 144 Å². The zero-order chi connectivity index (χ0) is 68.5. The maximum Gasteiger partial charge on any atom is 0.411 e. The van der Waals surface area contributed by atoms with Gasteiger partial charge in [0.15, 0.2) is 42.4 Å². The predicted octanol–water partition coefficient (Wildman–Crippen LogP) is 4.15. The number of aliphatic hydroxyl groups excluding tert-OH is 3. The Labute approximate surface area is 568 Å². The molecule has 33 heteroatoms. The number of ether oxygens (including phenoxy) is 13. The van der Waals surface area contributed by atoms with Crippen molar-refractivity contribution in [1.29, 1.82) is 0 Å². The first kappa shape index (κ1) is 74.6. The Kier molecular flexibility index (Phi) is 26.5. The number of allylic oxidation sites excluding steroid dienone is 3. The zero-order valence-electron chi connectivity index (χ0n) is 53.1. The maximum absolute atomic E-state index is 14.5. The van der Waals surface area contributed by atoms with Gasteiger partial charge in [0.25, 0.3) is 5.69 Å². The quantitative estimate of drug-likeness (QED) is 0.0163. The lowest BCUT2D eigenvalue weighted by Crippen LogP contribution is -2.65. The number of Topliss-reactive ketones (excluding diaryl/α,β-unsaturated/α-hetero) is 1. The van der Waals surface area contributed by atoms with Gasteiger partial charge in [-0.2, -0.15) is 5.48 Å². The lowest BCUT2D eigenvalue weighted by atomic mass is 9.76. The third-order valence-electron chi connectivity index (χ3n) is 16.2. The van der Waals surface area contributed by atoms with Crippen molar-refractivity contribution in [3.63, 3.8) is 0 Å². The van der Waals surface area contributed by atoms with Crippen LogP contribution in [-0.4, -0.2) is 228 Å². The van der Waals surface area contributed by atoms with Crippen molar-refractivity contribution in [1.82, 2.24) is 20.7 Å². The summed E-state index contributed by atoms with van der Waals surface area (Å²) in [4.78, 5) is 77.1. The minimum absolute atomic E-state index is 0.0245. The monoisotopic (exact) mass is 1490 g/mol. The van der Waals surface area contributed by atoms with Crippen LogP contribution in [0.5, 0.6) is 17.2 Å². The Bertz CT molecular complexity index is 3280. The fourth-order valence-electron chi connectivity index (χ4n) is 11.5. The molecule has 6 aliphatic rings. The van der Waals surface area contributed by atoms with Crippen LogP contribution in [-0.2, 0) is 61.8 Å². The Morgan fingerprint density at radius 1 is 0.989 bits per heavy atom. The number of halogens is 1. The number of ketones is 1. The first-order valence-electron chi connectivity index (χ1n) is 29.6. The van der Waals surface area contributed by atoms with Gasteiger partial charge in [-0.25, -0.2) is 9.78 Å². The predicted molar refractivity (Wildman–Crippen MR) is 345 cm³/mol. The second kappa shape index (κ2) is 33.3. The number of hydroxylamine groups is 1. The van der Waals surface area contributed by atoms with Crippen LogP contribution in [0.15, 0.2) is 58.4 Å². The molecule has 0 saturated carbocycles. The van der Waals surface area contributed by atoms with Crippen molar-refractivity contribution in [3.05, 3.63) is 78.2 Å². The van der Waals surface area contributed by atoms with Crippen LogP contribution >= 0.6 is 55.9 Å². The number of hydrogen-bond acceptors (Lipinski definition) is 29. The van der Waals surface area contributed by atoms with Crippen LogP contribution in [0.4, 0.5) is 10.5 Å². The number of hydrogen-bond donors (Lipinski definition) is 6. The summed E-state index contributed by atoms with van der Waals surface area (Å²) in [7, 11) is 9.12. The molecule has 1 aromatic carbocycles. The van der Waals surface area contributed by atoms with Crippen LogP contribution in [0, 0.1) is 44.8 Å². The van der Waals surface area contributed by atoms with E-state index in [-0.39, 0.29) is 76.5 Å². The molecular formula is C61H76IN5O24S3. The number of pyridine rings is 1. The maximum atomic E-state index is 14.5. The van der Waals surface area contributed by atoms with Crippen LogP contribution in [0.3, 0.4) is 0 Å². The number of carbonyl (C=O) groups excluding carboxylic acids is 4. The third-order valence-corrected chi connectivity index (χ3v) is 21.0.